The van der Waals surface area contributed by atoms with Crippen LogP contribution in [0.1, 0.15) is 12.8 Å². The Balaban J connectivity index is 2.88. The Hall–Kier alpha value is 0.240. The highest BCUT2D eigenvalue weighted by atomic mass is 79.9. The number of allylic oxidation sites excluding steroid dienone is 3. The third-order valence-corrected chi connectivity index (χ3v) is 3.37. The van der Waals surface area contributed by atoms with E-state index in [1.54, 1.807) is 6.08 Å². The molecule has 0 aromatic carbocycles. The summed E-state index contributed by atoms with van der Waals surface area (Å²) in [7, 11) is 0. The Morgan fingerprint density at radius 3 is 2.56 bits per heavy atom. The van der Waals surface area contributed by atoms with Crippen LogP contribution in [0.15, 0.2) is 20.8 Å². The normalized spacial score (nSPS) is 20.0. The highest BCUT2D eigenvalue weighted by molar-refractivity contribution is 9.14. The molecule has 0 radical (unpaired) electrons. The van der Waals surface area contributed by atoms with Gasteiger partial charge in [0.15, 0.2) is 0 Å². The minimum Gasteiger partial charge on any atom is -0.507 e. The second kappa shape index (κ2) is 2.88. The van der Waals surface area contributed by atoms with E-state index in [0.29, 0.717) is 5.76 Å². The summed E-state index contributed by atoms with van der Waals surface area (Å²) in [6.45, 7) is 0. The number of aliphatic hydroxyl groups excluding tert-OH is 1. The first-order valence-electron chi connectivity index (χ1n) is 2.65. The molecular formula is C6H6Br2O. The average molecular weight is 254 g/mol. The van der Waals surface area contributed by atoms with Gasteiger partial charge in [-0.2, -0.15) is 0 Å². The van der Waals surface area contributed by atoms with Gasteiger partial charge in [0.05, 0.1) is 4.48 Å². The predicted octanol–water partition coefficient (Wildman–Crippen LogP) is 3.22. The van der Waals surface area contributed by atoms with Crippen LogP contribution in [0.5, 0.6) is 0 Å². The predicted molar refractivity (Wildman–Crippen MR) is 44.8 cm³/mol. The fourth-order valence-electron chi connectivity index (χ4n) is 0.674. The molecule has 9 heavy (non-hydrogen) atoms. The molecule has 0 amide bonds. The van der Waals surface area contributed by atoms with Gasteiger partial charge in [0.1, 0.15) is 5.76 Å². The number of hydrogen-bond acceptors (Lipinski definition) is 1. The topological polar surface area (TPSA) is 20.2 Å². The molecule has 0 aliphatic heterocycles. The molecule has 1 rings (SSSR count). The van der Waals surface area contributed by atoms with E-state index in [1.165, 1.54) is 0 Å². The van der Waals surface area contributed by atoms with Crippen molar-refractivity contribution in [3.8, 4) is 0 Å². The SMILES string of the molecule is OC1=CCCC(Br)=C1Br. The standard InChI is InChI=1S/C6H6Br2O/c7-4-2-1-3-5(9)6(4)8/h3,9H,1-2H2. The molecule has 0 bridgehead atoms. The fourth-order valence-corrected chi connectivity index (χ4v) is 1.47. The van der Waals surface area contributed by atoms with Gasteiger partial charge in [-0.25, -0.2) is 0 Å². The van der Waals surface area contributed by atoms with E-state index in [2.05, 4.69) is 31.9 Å². The minimum absolute atomic E-state index is 0.341. The maximum atomic E-state index is 9.07. The Bertz CT molecular complexity index is 181. The van der Waals surface area contributed by atoms with Crippen molar-refractivity contribution in [2.75, 3.05) is 0 Å². The lowest BCUT2D eigenvalue weighted by Gasteiger charge is -2.07. The zero-order valence-corrected chi connectivity index (χ0v) is 7.87. The third-order valence-electron chi connectivity index (χ3n) is 1.16. The largest absolute Gasteiger partial charge is 0.507 e. The molecule has 0 spiro atoms. The summed E-state index contributed by atoms with van der Waals surface area (Å²) in [5.41, 5.74) is 0. The molecule has 1 N–H and O–H groups in total. The third kappa shape index (κ3) is 1.58. The molecule has 3 heteroatoms. The average Bonchev–Trinajstić information content (AvgIpc) is 1.83. The Kier molecular flexibility index (Phi) is 2.35. The lowest BCUT2D eigenvalue weighted by atomic mass is 10.2. The summed E-state index contributed by atoms with van der Waals surface area (Å²) >= 11 is 6.56. The minimum atomic E-state index is 0.341. The van der Waals surface area contributed by atoms with Gasteiger partial charge in [0.2, 0.25) is 0 Å². The summed E-state index contributed by atoms with van der Waals surface area (Å²) in [4.78, 5) is 0. The van der Waals surface area contributed by atoms with Crippen molar-refractivity contribution < 1.29 is 5.11 Å². The van der Waals surface area contributed by atoms with Crippen LogP contribution in [0, 0.1) is 0 Å². The second-order valence-corrected chi connectivity index (χ2v) is 3.60. The Morgan fingerprint density at radius 2 is 2.11 bits per heavy atom. The second-order valence-electron chi connectivity index (χ2n) is 1.85. The summed E-state index contributed by atoms with van der Waals surface area (Å²) in [5.74, 6) is 0.341. The van der Waals surface area contributed by atoms with Gasteiger partial charge in [-0.3, -0.25) is 0 Å². The first-order valence-corrected chi connectivity index (χ1v) is 4.24. The molecule has 50 valence electrons. The van der Waals surface area contributed by atoms with E-state index in [1.807, 2.05) is 0 Å². The lowest BCUT2D eigenvalue weighted by molar-refractivity contribution is 0.424. The van der Waals surface area contributed by atoms with Gasteiger partial charge in [0.25, 0.3) is 0 Å². The number of aliphatic hydroxyl groups is 1. The van der Waals surface area contributed by atoms with Crippen LogP contribution in [0.2, 0.25) is 0 Å². The van der Waals surface area contributed by atoms with Gasteiger partial charge in [-0.05, 0) is 34.8 Å². The zero-order chi connectivity index (χ0) is 6.85. The van der Waals surface area contributed by atoms with Crippen LogP contribution >= 0.6 is 31.9 Å². The molecule has 0 heterocycles. The fraction of sp³-hybridized carbons (Fsp3) is 0.333. The van der Waals surface area contributed by atoms with Gasteiger partial charge in [0, 0.05) is 4.48 Å². The summed E-state index contributed by atoms with van der Waals surface area (Å²) in [6.07, 6.45) is 3.70. The smallest absolute Gasteiger partial charge is 0.126 e. The van der Waals surface area contributed by atoms with Gasteiger partial charge in [-0.1, -0.05) is 15.9 Å². The zero-order valence-electron chi connectivity index (χ0n) is 4.69. The first-order chi connectivity index (χ1) is 4.22. The van der Waals surface area contributed by atoms with Gasteiger partial charge < -0.3 is 5.11 Å². The van der Waals surface area contributed by atoms with Gasteiger partial charge >= 0.3 is 0 Å². The van der Waals surface area contributed by atoms with Crippen LogP contribution in [-0.4, -0.2) is 5.11 Å². The van der Waals surface area contributed by atoms with Crippen LogP contribution in [0.3, 0.4) is 0 Å². The van der Waals surface area contributed by atoms with Crippen molar-refractivity contribution >= 4 is 31.9 Å². The van der Waals surface area contributed by atoms with E-state index in [9.17, 15) is 0 Å². The molecule has 0 unspecified atom stereocenters. The van der Waals surface area contributed by atoms with Crippen molar-refractivity contribution in [1.82, 2.24) is 0 Å². The lowest BCUT2D eigenvalue weighted by Crippen LogP contribution is -1.90. The van der Waals surface area contributed by atoms with Crippen molar-refractivity contribution in [1.29, 1.82) is 0 Å². The van der Waals surface area contributed by atoms with Gasteiger partial charge in [-0.15, -0.1) is 0 Å². The molecule has 0 aromatic rings. The van der Waals surface area contributed by atoms with Crippen molar-refractivity contribution in [3.63, 3.8) is 0 Å². The molecular weight excluding hydrogens is 248 g/mol. The van der Waals surface area contributed by atoms with Crippen molar-refractivity contribution in [2.24, 2.45) is 0 Å². The monoisotopic (exact) mass is 252 g/mol. The number of rotatable bonds is 0. The van der Waals surface area contributed by atoms with Crippen molar-refractivity contribution in [3.05, 3.63) is 20.8 Å². The van der Waals surface area contributed by atoms with E-state index < -0.39 is 0 Å². The molecule has 1 aliphatic carbocycles. The summed E-state index contributed by atoms with van der Waals surface area (Å²) < 4.78 is 1.83. The van der Waals surface area contributed by atoms with Crippen molar-refractivity contribution in [2.45, 2.75) is 12.8 Å². The number of hydrogen-bond donors (Lipinski definition) is 1. The maximum Gasteiger partial charge on any atom is 0.126 e. The van der Waals surface area contributed by atoms with E-state index in [0.717, 1.165) is 21.8 Å². The van der Waals surface area contributed by atoms with Crippen LogP contribution in [0.25, 0.3) is 0 Å². The van der Waals surface area contributed by atoms with Crippen LogP contribution in [0.4, 0.5) is 0 Å². The molecule has 1 aliphatic rings. The Labute approximate surface area is 70.7 Å². The molecule has 0 atom stereocenters. The quantitative estimate of drug-likeness (QED) is 0.703. The first kappa shape index (κ1) is 7.35. The molecule has 0 aromatic heterocycles. The summed E-state index contributed by atoms with van der Waals surface area (Å²) in [5, 5.41) is 9.07. The highest BCUT2D eigenvalue weighted by Crippen LogP contribution is 2.31. The van der Waals surface area contributed by atoms with E-state index >= 15 is 0 Å². The maximum absolute atomic E-state index is 9.07. The number of halogens is 2. The van der Waals surface area contributed by atoms with E-state index in [4.69, 9.17) is 5.11 Å². The Morgan fingerprint density at radius 1 is 1.44 bits per heavy atom. The molecule has 0 fully saturated rings. The highest BCUT2D eigenvalue weighted by Gasteiger charge is 2.09. The molecule has 0 saturated carbocycles. The van der Waals surface area contributed by atoms with Crippen LogP contribution in [-0.2, 0) is 0 Å². The van der Waals surface area contributed by atoms with E-state index in [-0.39, 0.29) is 0 Å². The molecule has 0 saturated heterocycles. The molecule has 1 nitrogen and oxygen atoms in total. The summed E-state index contributed by atoms with van der Waals surface area (Å²) in [6, 6.07) is 0. The van der Waals surface area contributed by atoms with Crippen LogP contribution < -0.4 is 0 Å².